The molecule has 3 aromatic rings. The van der Waals surface area contributed by atoms with Crippen LogP contribution in [-0.4, -0.2) is 36.8 Å². The Balaban J connectivity index is 2.08. The minimum absolute atomic E-state index is 0.211. The van der Waals surface area contributed by atoms with E-state index in [4.69, 9.17) is 0 Å². The number of benzene rings is 1. The molecule has 3 rings (SSSR count). The van der Waals surface area contributed by atoms with E-state index in [1.54, 1.807) is 22.7 Å². The first-order chi connectivity index (χ1) is 14.8. The molecule has 1 N–H and O–H groups in total. The number of pyridine rings is 1. The summed E-state index contributed by atoms with van der Waals surface area (Å²) in [6.07, 6.45) is 4.13. The molecule has 0 aliphatic carbocycles. The second-order valence-corrected chi connectivity index (χ2v) is 8.74. The van der Waals surface area contributed by atoms with E-state index in [1.165, 1.54) is 0 Å². The molecule has 0 spiro atoms. The number of rotatable bonds is 8. The molecule has 0 aliphatic rings. The summed E-state index contributed by atoms with van der Waals surface area (Å²) in [5.41, 5.74) is 2.37. The van der Waals surface area contributed by atoms with Crippen LogP contribution in [0.4, 0.5) is 0 Å². The molecule has 1 unspecified atom stereocenters. The molecule has 162 valence electrons. The van der Waals surface area contributed by atoms with E-state index in [0.29, 0.717) is 0 Å². The van der Waals surface area contributed by atoms with Crippen LogP contribution in [0.1, 0.15) is 60.4 Å². The molecule has 0 aliphatic heterocycles. The first-order valence-electron chi connectivity index (χ1n) is 10.2. The third kappa shape index (κ3) is 5.73. The molecule has 1 atom stereocenters. The van der Waals surface area contributed by atoms with Gasteiger partial charge < -0.3 is 10.2 Å². The Kier molecular flexibility index (Phi) is 7.12. The van der Waals surface area contributed by atoms with Crippen molar-refractivity contribution in [2.75, 3.05) is 0 Å². The number of aromatic nitrogens is 3. The van der Waals surface area contributed by atoms with E-state index < -0.39 is 11.6 Å². The van der Waals surface area contributed by atoms with E-state index in [0.717, 1.165) is 34.6 Å². The van der Waals surface area contributed by atoms with Gasteiger partial charge in [-0.15, -0.1) is 5.10 Å². The van der Waals surface area contributed by atoms with Gasteiger partial charge in [0.2, 0.25) is 5.91 Å². The number of aryl methyl sites for hydroxylation is 1. The predicted molar refractivity (Wildman–Crippen MR) is 120 cm³/mol. The maximum absolute atomic E-state index is 13.6. The van der Waals surface area contributed by atoms with Crippen LogP contribution in [-0.2, 0) is 11.3 Å². The quantitative estimate of drug-likeness (QED) is 0.577. The summed E-state index contributed by atoms with van der Waals surface area (Å²) in [7, 11) is 0. The largest absolute Gasteiger partial charge is 0.349 e. The monoisotopic (exact) mass is 437 g/mol. The lowest BCUT2D eigenvalue weighted by Gasteiger charge is -2.34. The van der Waals surface area contributed by atoms with Gasteiger partial charge in [-0.3, -0.25) is 14.6 Å². The van der Waals surface area contributed by atoms with Crippen molar-refractivity contribution in [2.45, 2.75) is 52.2 Å². The lowest BCUT2D eigenvalue weighted by atomic mass is 9.97. The zero-order chi connectivity index (χ0) is 22.4. The maximum atomic E-state index is 13.6. The van der Waals surface area contributed by atoms with Gasteiger partial charge >= 0.3 is 0 Å². The lowest BCUT2D eigenvalue weighted by Crippen LogP contribution is -2.50. The van der Waals surface area contributed by atoms with Crippen LogP contribution in [0.5, 0.6) is 0 Å². The van der Waals surface area contributed by atoms with E-state index in [9.17, 15) is 9.59 Å². The molecule has 2 heterocycles. The van der Waals surface area contributed by atoms with Gasteiger partial charge in [-0.25, -0.2) is 0 Å². The highest BCUT2D eigenvalue weighted by atomic mass is 32.1. The zero-order valence-electron chi connectivity index (χ0n) is 18.2. The third-order valence-corrected chi connectivity index (χ3v) is 5.68. The van der Waals surface area contributed by atoms with Crippen LogP contribution in [0.25, 0.3) is 0 Å². The first kappa shape index (κ1) is 22.6. The topological polar surface area (TPSA) is 88.1 Å². The van der Waals surface area contributed by atoms with Crippen LogP contribution < -0.4 is 5.32 Å². The Morgan fingerprint density at radius 2 is 2.03 bits per heavy atom. The fraction of sp³-hybridized carbons (Fsp3) is 0.348. The van der Waals surface area contributed by atoms with Crippen molar-refractivity contribution in [3.8, 4) is 0 Å². The molecular weight excluding hydrogens is 410 g/mol. The highest BCUT2D eigenvalue weighted by molar-refractivity contribution is 7.03. The number of nitrogens with one attached hydrogen (secondary N) is 1. The first-order valence-corrected chi connectivity index (χ1v) is 11.0. The fourth-order valence-electron chi connectivity index (χ4n) is 3.18. The number of amides is 2. The Hall–Kier alpha value is -3.13. The highest BCUT2D eigenvalue weighted by Gasteiger charge is 2.35. The van der Waals surface area contributed by atoms with Crippen molar-refractivity contribution in [1.29, 1.82) is 0 Å². The standard InChI is InChI=1S/C23H27N5O2S/c1-5-23(3,4)25-21(29)20(18-10-6-8-16(2)12-18)28(14-17-9-7-11-24-13-17)22(30)19-15-31-27-26-19/h6-13,15,20H,5,14H2,1-4H3,(H,25,29). The van der Waals surface area contributed by atoms with Gasteiger partial charge in [0.15, 0.2) is 5.69 Å². The molecule has 0 bridgehead atoms. The average Bonchev–Trinajstić information content (AvgIpc) is 3.28. The summed E-state index contributed by atoms with van der Waals surface area (Å²) >= 11 is 1.10. The number of hydrogen-bond acceptors (Lipinski definition) is 6. The fourth-order valence-corrected chi connectivity index (χ4v) is 3.61. The van der Waals surface area contributed by atoms with Crippen molar-refractivity contribution in [3.05, 3.63) is 76.6 Å². The van der Waals surface area contributed by atoms with Crippen LogP contribution in [0, 0.1) is 6.92 Å². The molecule has 0 saturated carbocycles. The second-order valence-electron chi connectivity index (χ2n) is 8.13. The minimum atomic E-state index is -0.833. The van der Waals surface area contributed by atoms with Crippen molar-refractivity contribution >= 4 is 23.3 Å². The van der Waals surface area contributed by atoms with Crippen molar-refractivity contribution in [2.24, 2.45) is 0 Å². The molecule has 7 nitrogen and oxygen atoms in total. The molecule has 2 aromatic heterocycles. The molecule has 0 radical (unpaired) electrons. The van der Waals surface area contributed by atoms with Crippen LogP contribution in [0.2, 0.25) is 0 Å². The van der Waals surface area contributed by atoms with Crippen molar-refractivity contribution in [1.82, 2.24) is 24.8 Å². The maximum Gasteiger partial charge on any atom is 0.276 e. The Morgan fingerprint density at radius 1 is 1.23 bits per heavy atom. The third-order valence-electron chi connectivity index (χ3n) is 5.18. The van der Waals surface area contributed by atoms with Gasteiger partial charge in [0.25, 0.3) is 5.91 Å². The lowest BCUT2D eigenvalue weighted by molar-refractivity contribution is -0.127. The highest BCUT2D eigenvalue weighted by Crippen LogP contribution is 2.27. The zero-order valence-corrected chi connectivity index (χ0v) is 19.0. The molecule has 0 saturated heterocycles. The van der Waals surface area contributed by atoms with Gasteiger partial charge in [-0.1, -0.05) is 47.3 Å². The van der Waals surface area contributed by atoms with Gasteiger partial charge in [0.05, 0.1) is 0 Å². The van der Waals surface area contributed by atoms with Crippen molar-refractivity contribution < 1.29 is 9.59 Å². The normalized spacial score (nSPS) is 12.3. The predicted octanol–water partition coefficient (Wildman–Crippen LogP) is 3.93. The smallest absolute Gasteiger partial charge is 0.276 e. The molecule has 31 heavy (non-hydrogen) atoms. The molecular formula is C23H27N5O2S. The van der Waals surface area contributed by atoms with Crippen molar-refractivity contribution in [3.63, 3.8) is 0 Å². The van der Waals surface area contributed by atoms with Crippen LogP contribution >= 0.6 is 11.5 Å². The number of hydrogen-bond donors (Lipinski definition) is 1. The summed E-state index contributed by atoms with van der Waals surface area (Å²) < 4.78 is 3.83. The Labute approximate surface area is 186 Å². The summed E-state index contributed by atoms with van der Waals surface area (Å²) in [6, 6.07) is 10.5. The number of nitrogens with zero attached hydrogens (tertiary/aromatic N) is 4. The summed E-state index contributed by atoms with van der Waals surface area (Å²) in [5.74, 6) is -0.591. The van der Waals surface area contributed by atoms with Crippen LogP contribution in [0.3, 0.4) is 0 Å². The minimum Gasteiger partial charge on any atom is -0.349 e. The van der Waals surface area contributed by atoms with E-state index in [-0.39, 0.29) is 24.1 Å². The second kappa shape index (κ2) is 9.78. The number of carbonyl (C=O) groups is 2. The summed E-state index contributed by atoms with van der Waals surface area (Å²) in [4.78, 5) is 32.8. The average molecular weight is 438 g/mol. The van der Waals surface area contributed by atoms with E-state index >= 15 is 0 Å². The summed E-state index contributed by atoms with van der Waals surface area (Å²) in [6.45, 7) is 8.13. The van der Waals surface area contributed by atoms with E-state index in [2.05, 4.69) is 19.9 Å². The molecule has 1 aromatic carbocycles. The molecule has 2 amide bonds. The van der Waals surface area contributed by atoms with Crippen LogP contribution in [0.15, 0.2) is 54.2 Å². The molecule has 8 heteroatoms. The number of carbonyl (C=O) groups excluding carboxylic acids is 2. The van der Waals surface area contributed by atoms with Gasteiger partial charge in [-0.2, -0.15) is 0 Å². The van der Waals surface area contributed by atoms with E-state index in [1.807, 2.05) is 64.1 Å². The molecule has 0 fully saturated rings. The Morgan fingerprint density at radius 3 is 2.65 bits per heavy atom. The Bertz CT molecular complexity index is 1020. The van der Waals surface area contributed by atoms with Gasteiger partial charge in [0.1, 0.15) is 6.04 Å². The SMILES string of the molecule is CCC(C)(C)NC(=O)C(c1cccc(C)c1)N(Cc1cccnc1)C(=O)c1csnn1. The van der Waals surface area contributed by atoms with Gasteiger partial charge in [-0.05, 0) is 55.9 Å². The summed E-state index contributed by atoms with van der Waals surface area (Å²) in [5, 5.41) is 8.66. The van der Waals surface area contributed by atoms with Gasteiger partial charge in [0, 0.05) is 29.9 Å².